The van der Waals surface area contributed by atoms with Crippen LogP contribution in [0.2, 0.25) is 0 Å². The Morgan fingerprint density at radius 1 is 0.739 bits per heavy atom. The van der Waals surface area contributed by atoms with E-state index in [2.05, 4.69) is 6.92 Å². The molecule has 23 heavy (non-hydrogen) atoms. The maximum absolute atomic E-state index is 9.05. The summed E-state index contributed by atoms with van der Waals surface area (Å²) in [4.78, 5) is 17.3. The minimum atomic E-state index is 0. The molecule has 0 bridgehead atoms. The summed E-state index contributed by atoms with van der Waals surface area (Å²) in [5.74, 6) is 0. The predicted octanol–water partition coefficient (Wildman–Crippen LogP) is 2.86. The topological polar surface area (TPSA) is 54.4 Å². The fraction of sp³-hybridized carbons (Fsp3) is 0.500. The van der Waals surface area contributed by atoms with Crippen molar-refractivity contribution in [2.45, 2.75) is 34.1 Å². The van der Waals surface area contributed by atoms with Crippen LogP contribution in [-0.2, 0) is 337 Å². The standard InChI is InChI=1S/C3H5O.C3H7.CHO2.CH4.2CH3.10Y/c1-2-3-4;1-3-2;2-1-3;;;;;;;;;;;;;/h2H2,1H3;1,3H2,2H3;(H,2,3);1H4;2*1H3;;;;;;;;;;/q3*-1;;2*-1;;;;;;;;;;. The van der Waals surface area contributed by atoms with E-state index < -0.39 is 0 Å². The van der Waals surface area contributed by atoms with Crippen LogP contribution >= 0.6 is 0 Å². The summed E-state index contributed by atoms with van der Waals surface area (Å²) >= 11 is 0. The van der Waals surface area contributed by atoms with Gasteiger partial charge < -0.3 is 36.5 Å². The summed E-state index contributed by atoms with van der Waals surface area (Å²) in [5, 5.41) is 6.76. The van der Waals surface area contributed by atoms with Gasteiger partial charge in [-0.05, 0) is 0 Å². The molecule has 0 aromatic carbocycles. The molecule has 0 atom stereocenters. The second-order valence-corrected chi connectivity index (χ2v) is 1.09. The van der Waals surface area contributed by atoms with Crippen LogP contribution in [0.15, 0.2) is 0 Å². The Bertz CT molecular complexity index is 76.8. The molecular formula is C10H23O3Y10-5. The molecule has 0 spiro atoms. The van der Waals surface area contributed by atoms with Gasteiger partial charge in [-0.15, -0.1) is 0 Å². The van der Waals surface area contributed by atoms with Crippen molar-refractivity contribution in [3.05, 3.63) is 21.8 Å². The number of rotatable bonds is 1. The van der Waals surface area contributed by atoms with Crippen molar-refractivity contribution in [1.29, 1.82) is 0 Å². The van der Waals surface area contributed by atoms with E-state index in [1.165, 1.54) is 0 Å². The molecule has 13 heteroatoms. The van der Waals surface area contributed by atoms with E-state index in [0.29, 0.717) is 12.9 Å². The van der Waals surface area contributed by atoms with Crippen LogP contribution in [0.25, 0.3) is 0 Å². The summed E-state index contributed by atoms with van der Waals surface area (Å²) in [6.07, 6.45) is 3.19. The van der Waals surface area contributed by atoms with Crippen molar-refractivity contribution >= 4 is 12.8 Å². The molecular weight excluding hydrogens is 1060 g/mol. The average Bonchev–Trinajstić information content (AvgIpc) is 1.91. The quantitative estimate of drug-likeness (QED) is 0.412. The minimum Gasteiger partial charge on any atom is -0.665 e. The van der Waals surface area contributed by atoms with Gasteiger partial charge in [-0.2, -0.15) is 12.8 Å². The number of aliphatic hydroxyl groups excluding tert-OH is 1. The Morgan fingerprint density at radius 2 is 0.783 bits per heavy atom. The Kier molecular flexibility index (Phi) is 788. The summed E-state index contributed by atoms with van der Waals surface area (Å²) in [5.41, 5.74) is 0. The Hall–Kier alpha value is 10.2. The van der Waals surface area contributed by atoms with Gasteiger partial charge in [0.05, 0.1) is 0 Å². The molecule has 0 aliphatic heterocycles. The average molecular weight is 1080 g/mol. The summed E-state index contributed by atoms with van der Waals surface area (Å²) in [6, 6.07) is 0. The number of carbonyl (C=O) groups excluding carboxylic acids is 1. The first kappa shape index (κ1) is 116. The van der Waals surface area contributed by atoms with Crippen molar-refractivity contribution in [3.8, 4) is 0 Å². The molecule has 0 heterocycles. The van der Waals surface area contributed by atoms with Crippen LogP contribution in [0.1, 0.15) is 34.1 Å². The molecule has 0 rings (SSSR count). The van der Waals surface area contributed by atoms with Crippen molar-refractivity contribution in [2.75, 3.05) is 0 Å². The van der Waals surface area contributed by atoms with Crippen molar-refractivity contribution in [3.63, 3.8) is 0 Å². The van der Waals surface area contributed by atoms with Gasteiger partial charge in [0.1, 0.15) is 0 Å². The number of hydrogen-bond acceptors (Lipinski definition) is 2. The first-order chi connectivity index (χ1) is 4.74. The first-order valence-electron chi connectivity index (χ1n) is 2.90. The molecule has 0 aromatic rings. The maximum atomic E-state index is 9.05. The van der Waals surface area contributed by atoms with Crippen LogP contribution in [0.3, 0.4) is 0 Å². The molecule has 0 aliphatic rings. The minimum absolute atomic E-state index is 0. The molecule has 0 aromatic heterocycles. The zero-order chi connectivity index (χ0) is 8.83. The molecule has 0 saturated carbocycles. The van der Waals surface area contributed by atoms with Gasteiger partial charge in [0.15, 0.2) is 0 Å². The monoisotopic (exact) mass is 1080 g/mol. The zero-order valence-corrected chi connectivity index (χ0v) is 42.5. The van der Waals surface area contributed by atoms with Crippen LogP contribution < -0.4 is 0 Å². The molecule has 0 amide bonds. The van der Waals surface area contributed by atoms with E-state index in [0.717, 1.165) is 6.42 Å². The van der Waals surface area contributed by atoms with E-state index in [-0.39, 0.29) is 349 Å². The van der Waals surface area contributed by atoms with E-state index >= 15 is 0 Å². The van der Waals surface area contributed by atoms with Crippen LogP contribution in [0, 0.1) is 21.8 Å². The third kappa shape index (κ3) is 235. The third-order valence-corrected chi connectivity index (χ3v) is 0.144. The summed E-state index contributed by atoms with van der Waals surface area (Å²) < 4.78 is 0. The summed E-state index contributed by atoms with van der Waals surface area (Å²) in [7, 11) is 0. The SMILES string of the molecule is C.CC[C-]=O.O=[C-]O.[CH2-]CC.[CH3-].[CH3-].[Y].[Y].[Y].[Y].[Y].[Y].[Y].[Y].[Y].[Y]. The smallest absolute Gasteiger partial charge is 0 e. The molecule has 10 radical (unpaired) electrons. The molecule has 116 valence electrons. The fourth-order valence-corrected chi connectivity index (χ4v) is 0. The maximum Gasteiger partial charge on any atom is 0 e. The molecule has 0 fully saturated rings. The van der Waals surface area contributed by atoms with Gasteiger partial charge in [-0.3, -0.25) is 6.29 Å². The summed E-state index contributed by atoms with van der Waals surface area (Å²) in [6.45, 7) is 7.76. The second-order valence-electron chi connectivity index (χ2n) is 1.09. The normalized spacial score (nSPS) is 2.39. The van der Waals surface area contributed by atoms with Gasteiger partial charge in [-0.25, -0.2) is 0 Å². The molecule has 3 nitrogen and oxygen atoms in total. The van der Waals surface area contributed by atoms with Gasteiger partial charge in [0.2, 0.25) is 0 Å². The first-order valence-corrected chi connectivity index (χ1v) is 2.90. The molecule has 0 aliphatic carbocycles. The Morgan fingerprint density at radius 3 is 0.783 bits per heavy atom. The fourth-order valence-electron chi connectivity index (χ4n) is 0. The molecule has 0 saturated heterocycles. The zero-order valence-electron chi connectivity index (χ0n) is 14.2. The molecule has 1 N–H and O–H groups in total. The molecule has 0 unspecified atom stereocenters. The Labute approximate surface area is 398 Å². The Balaban J connectivity index is -0.00000000179. The van der Waals surface area contributed by atoms with E-state index in [1.54, 1.807) is 13.2 Å². The van der Waals surface area contributed by atoms with Crippen LogP contribution in [0.4, 0.5) is 0 Å². The van der Waals surface area contributed by atoms with E-state index in [4.69, 9.17) is 14.7 Å². The van der Waals surface area contributed by atoms with Crippen molar-refractivity contribution < 1.29 is 342 Å². The van der Waals surface area contributed by atoms with Crippen LogP contribution in [0.5, 0.6) is 0 Å². The number of hydrogen-bond donors (Lipinski definition) is 1. The van der Waals surface area contributed by atoms with Crippen LogP contribution in [-0.4, -0.2) is 17.9 Å². The van der Waals surface area contributed by atoms with Crippen molar-refractivity contribution in [1.82, 2.24) is 0 Å². The van der Waals surface area contributed by atoms with Gasteiger partial charge in [0, 0.05) is 327 Å². The predicted molar refractivity (Wildman–Crippen MR) is 59.5 cm³/mol. The van der Waals surface area contributed by atoms with Gasteiger partial charge in [0.25, 0.3) is 0 Å². The largest absolute Gasteiger partial charge is 0.665 e. The van der Waals surface area contributed by atoms with E-state index in [1.807, 2.05) is 6.92 Å². The van der Waals surface area contributed by atoms with Gasteiger partial charge >= 0.3 is 0 Å². The van der Waals surface area contributed by atoms with Crippen molar-refractivity contribution in [2.24, 2.45) is 0 Å². The third-order valence-electron chi connectivity index (χ3n) is 0.144. The van der Waals surface area contributed by atoms with Gasteiger partial charge in [-0.1, -0.05) is 27.7 Å². The second kappa shape index (κ2) is 156. The van der Waals surface area contributed by atoms with E-state index in [9.17, 15) is 0 Å².